The predicted molar refractivity (Wildman–Crippen MR) is 124 cm³/mol. The van der Waals surface area contributed by atoms with Crippen LogP contribution in [0.2, 0.25) is 0 Å². The highest BCUT2D eigenvalue weighted by molar-refractivity contribution is 5.69. The molecule has 1 atom stereocenters. The second-order valence-corrected chi connectivity index (χ2v) is 7.97. The van der Waals surface area contributed by atoms with Gasteiger partial charge in [-0.15, -0.1) is 0 Å². The Morgan fingerprint density at radius 3 is 2.00 bits per heavy atom. The van der Waals surface area contributed by atoms with Crippen molar-refractivity contribution in [2.75, 3.05) is 13.2 Å². The normalized spacial score (nSPS) is 11.7. The van der Waals surface area contributed by atoms with Crippen LogP contribution in [0.25, 0.3) is 11.1 Å². The van der Waals surface area contributed by atoms with Crippen molar-refractivity contribution in [2.45, 2.75) is 32.6 Å². The van der Waals surface area contributed by atoms with Gasteiger partial charge in [-0.3, -0.25) is 4.79 Å². The lowest BCUT2D eigenvalue weighted by Gasteiger charge is -2.10. The molecule has 0 amide bonds. The molecule has 174 valence electrons. The summed E-state index contributed by atoms with van der Waals surface area (Å²) in [6.45, 7) is 2.82. The molecule has 3 aromatic carbocycles. The Hall–Kier alpha value is -3.41. The maximum atomic E-state index is 13.9. The quantitative estimate of drug-likeness (QED) is 0.317. The zero-order valence-corrected chi connectivity index (χ0v) is 18.6. The molecule has 0 unspecified atom stereocenters. The molecule has 0 bridgehead atoms. The van der Waals surface area contributed by atoms with Crippen LogP contribution in [0, 0.1) is 17.6 Å². The number of carboxylic acid groups (broad SMARTS) is 1. The summed E-state index contributed by atoms with van der Waals surface area (Å²) >= 11 is 0. The van der Waals surface area contributed by atoms with E-state index in [-0.39, 0.29) is 5.92 Å². The zero-order chi connectivity index (χ0) is 23.6. The molecule has 0 aromatic heterocycles. The van der Waals surface area contributed by atoms with E-state index in [4.69, 9.17) is 14.6 Å². The van der Waals surface area contributed by atoms with Gasteiger partial charge >= 0.3 is 5.97 Å². The number of carboxylic acids is 1. The maximum absolute atomic E-state index is 13.9. The van der Waals surface area contributed by atoms with Crippen molar-refractivity contribution in [1.82, 2.24) is 0 Å². The number of carbonyl (C=O) groups is 1. The molecule has 0 radical (unpaired) electrons. The van der Waals surface area contributed by atoms with Crippen LogP contribution in [-0.4, -0.2) is 24.3 Å². The summed E-state index contributed by atoms with van der Waals surface area (Å²) in [5, 5.41) is 8.95. The topological polar surface area (TPSA) is 55.8 Å². The summed E-state index contributed by atoms with van der Waals surface area (Å²) in [6, 6.07) is 18.3. The fraction of sp³-hybridized carbons (Fsp3) is 0.296. The second kappa shape index (κ2) is 12.0. The van der Waals surface area contributed by atoms with Crippen molar-refractivity contribution in [3.05, 3.63) is 83.9 Å². The maximum Gasteiger partial charge on any atom is 0.306 e. The van der Waals surface area contributed by atoms with Crippen molar-refractivity contribution < 1.29 is 28.2 Å². The molecule has 0 spiro atoms. The van der Waals surface area contributed by atoms with Gasteiger partial charge in [0.2, 0.25) is 0 Å². The number of unbranched alkanes of at least 4 members (excludes halogenated alkanes) is 1. The van der Waals surface area contributed by atoms with Crippen molar-refractivity contribution in [2.24, 2.45) is 5.92 Å². The molecular weight excluding hydrogens is 426 g/mol. The summed E-state index contributed by atoms with van der Waals surface area (Å²) in [5.74, 6) is -0.828. The van der Waals surface area contributed by atoms with Gasteiger partial charge in [0.1, 0.15) is 23.1 Å². The van der Waals surface area contributed by atoms with Gasteiger partial charge in [0.15, 0.2) is 0 Å². The zero-order valence-electron chi connectivity index (χ0n) is 18.6. The van der Waals surface area contributed by atoms with Crippen molar-refractivity contribution in [3.8, 4) is 22.6 Å². The first-order chi connectivity index (χ1) is 15.9. The third-order valence-corrected chi connectivity index (χ3v) is 5.38. The minimum atomic E-state index is -0.767. The average Bonchev–Trinajstić information content (AvgIpc) is 2.81. The van der Waals surface area contributed by atoms with E-state index >= 15 is 0 Å². The van der Waals surface area contributed by atoms with Gasteiger partial charge in [-0.05, 0) is 73.2 Å². The molecule has 0 heterocycles. The Labute approximate surface area is 192 Å². The molecule has 0 saturated heterocycles. The summed E-state index contributed by atoms with van der Waals surface area (Å²) in [4.78, 5) is 10.9. The lowest BCUT2D eigenvalue weighted by Crippen LogP contribution is -2.10. The standard InChI is InChI=1S/C27H28F2O4/c1-19(27(30)31)4-5-20-6-11-23(12-7-20)32-16-2-3-17-33-24-13-8-21(9-14-24)25-15-10-22(28)18-26(25)29/h6-15,18-19H,2-5,16-17H2,1H3,(H,30,31)/t19-/m0/s1. The van der Waals surface area contributed by atoms with E-state index < -0.39 is 17.6 Å². The summed E-state index contributed by atoms with van der Waals surface area (Å²) in [6.07, 6.45) is 2.99. The lowest BCUT2D eigenvalue weighted by atomic mass is 10.0. The van der Waals surface area contributed by atoms with Gasteiger partial charge < -0.3 is 14.6 Å². The van der Waals surface area contributed by atoms with Crippen molar-refractivity contribution in [3.63, 3.8) is 0 Å². The first kappa shape index (κ1) is 24.2. The Kier molecular flexibility index (Phi) is 8.81. The molecule has 4 nitrogen and oxygen atoms in total. The number of aryl methyl sites for hydroxylation is 1. The lowest BCUT2D eigenvalue weighted by molar-refractivity contribution is -0.141. The van der Waals surface area contributed by atoms with Crippen LogP contribution < -0.4 is 9.47 Å². The molecule has 0 aliphatic rings. The van der Waals surface area contributed by atoms with E-state index in [9.17, 15) is 13.6 Å². The fourth-order valence-corrected chi connectivity index (χ4v) is 3.30. The molecule has 1 N–H and O–H groups in total. The molecule has 0 fully saturated rings. The van der Waals surface area contributed by atoms with Crippen LogP contribution in [0.5, 0.6) is 11.5 Å². The third kappa shape index (κ3) is 7.59. The largest absolute Gasteiger partial charge is 0.494 e. The van der Waals surface area contributed by atoms with Crippen molar-refractivity contribution in [1.29, 1.82) is 0 Å². The van der Waals surface area contributed by atoms with Crippen LogP contribution >= 0.6 is 0 Å². The SMILES string of the molecule is C[C@@H](CCc1ccc(OCCCCOc2ccc(-c3ccc(F)cc3F)cc2)cc1)C(=O)O. The summed E-state index contributed by atoms with van der Waals surface area (Å²) in [7, 11) is 0. The van der Waals surface area contributed by atoms with Crippen LogP contribution in [0.1, 0.15) is 31.7 Å². The molecule has 33 heavy (non-hydrogen) atoms. The van der Waals surface area contributed by atoms with Crippen molar-refractivity contribution >= 4 is 5.97 Å². The minimum absolute atomic E-state index is 0.348. The van der Waals surface area contributed by atoms with Gasteiger partial charge in [-0.25, -0.2) is 8.78 Å². The molecule has 0 aliphatic heterocycles. The van der Waals surface area contributed by atoms with Gasteiger partial charge in [0.25, 0.3) is 0 Å². The smallest absolute Gasteiger partial charge is 0.306 e. The van der Waals surface area contributed by atoms with E-state index in [2.05, 4.69) is 0 Å². The highest BCUT2D eigenvalue weighted by Crippen LogP contribution is 2.25. The third-order valence-electron chi connectivity index (χ3n) is 5.38. The molecule has 3 rings (SSSR count). The molecule has 6 heteroatoms. The number of halogens is 2. The number of ether oxygens (including phenoxy) is 2. The van der Waals surface area contributed by atoms with E-state index in [1.165, 1.54) is 12.1 Å². The van der Waals surface area contributed by atoms with Gasteiger partial charge in [-0.1, -0.05) is 31.2 Å². The first-order valence-electron chi connectivity index (χ1n) is 11.0. The number of aliphatic carboxylic acids is 1. The molecule has 0 aliphatic carbocycles. The summed E-state index contributed by atoms with van der Waals surface area (Å²) < 4.78 is 38.4. The molecule has 0 saturated carbocycles. The Morgan fingerprint density at radius 1 is 0.879 bits per heavy atom. The van der Waals surface area contributed by atoms with Gasteiger partial charge in [0, 0.05) is 11.6 Å². The monoisotopic (exact) mass is 454 g/mol. The fourth-order valence-electron chi connectivity index (χ4n) is 3.30. The molecular formula is C27H28F2O4. The number of hydrogen-bond acceptors (Lipinski definition) is 3. The highest BCUT2D eigenvalue weighted by Gasteiger charge is 2.10. The Morgan fingerprint density at radius 2 is 1.45 bits per heavy atom. The Balaban J connectivity index is 1.33. The van der Waals surface area contributed by atoms with E-state index in [0.29, 0.717) is 36.5 Å². The van der Waals surface area contributed by atoms with Crippen LogP contribution in [0.3, 0.4) is 0 Å². The predicted octanol–water partition coefficient (Wildman–Crippen LogP) is 6.52. The molecule has 3 aromatic rings. The first-order valence-corrected chi connectivity index (χ1v) is 11.0. The number of rotatable bonds is 12. The number of hydrogen-bond donors (Lipinski definition) is 1. The average molecular weight is 455 g/mol. The second-order valence-electron chi connectivity index (χ2n) is 7.97. The minimum Gasteiger partial charge on any atom is -0.494 e. The summed E-state index contributed by atoms with van der Waals surface area (Å²) in [5.41, 5.74) is 2.11. The van der Waals surface area contributed by atoms with Gasteiger partial charge in [0.05, 0.1) is 19.1 Å². The van der Waals surface area contributed by atoms with Gasteiger partial charge in [-0.2, -0.15) is 0 Å². The van der Waals surface area contributed by atoms with Crippen LogP contribution in [0.4, 0.5) is 8.78 Å². The van der Waals surface area contributed by atoms with Crippen LogP contribution in [0.15, 0.2) is 66.7 Å². The van der Waals surface area contributed by atoms with E-state index in [1.807, 2.05) is 24.3 Å². The highest BCUT2D eigenvalue weighted by atomic mass is 19.1. The van der Waals surface area contributed by atoms with E-state index in [1.54, 1.807) is 31.2 Å². The van der Waals surface area contributed by atoms with Crippen LogP contribution in [-0.2, 0) is 11.2 Å². The van der Waals surface area contributed by atoms with E-state index in [0.717, 1.165) is 36.6 Å². The number of benzene rings is 3. The Bertz CT molecular complexity index is 1030.